The summed E-state index contributed by atoms with van der Waals surface area (Å²) in [5.41, 5.74) is 1.54. The fraction of sp³-hybridized carbons (Fsp3) is 0.745. The Kier molecular flexibility index (Phi) is 23.6. The number of aliphatic hydroxyl groups excluding tert-OH is 2. The van der Waals surface area contributed by atoms with Crippen molar-refractivity contribution in [2.75, 3.05) is 41.1 Å². The highest BCUT2D eigenvalue weighted by molar-refractivity contribution is 6.39. The first kappa shape index (κ1) is 56.0. The minimum absolute atomic E-state index is 0.0814. The van der Waals surface area contributed by atoms with Crippen LogP contribution in [0.1, 0.15) is 126 Å². The highest BCUT2D eigenvalue weighted by atomic mass is 16.6. The molecule has 13 atom stereocenters. The van der Waals surface area contributed by atoms with Gasteiger partial charge in [0, 0.05) is 58.5 Å². The maximum absolute atomic E-state index is 14.2. The van der Waals surface area contributed by atoms with Crippen LogP contribution in [-0.4, -0.2) is 133 Å². The predicted octanol–water partition coefficient (Wildman–Crippen LogP) is 6.43. The van der Waals surface area contributed by atoms with Crippen molar-refractivity contribution in [1.29, 1.82) is 0 Å². The normalized spacial score (nSPS) is 28.7. The van der Waals surface area contributed by atoms with E-state index in [-0.39, 0.29) is 73.9 Å². The molecule has 14 heteroatoms. The second-order valence-electron chi connectivity index (χ2n) is 19.2. The van der Waals surface area contributed by atoms with Gasteiger partial charge in [0.25, 0.3) is 11.7 Å². The zero-order valence-electron chi connectivity index (χ0n) is 40.9. The standard InChI is InChI=1S/C51H81NO13/c1-32(24-36(5)44(56)31-61-8)16-12-11-13-17-34(3)45(62-9)28-40-21-19-38(7)51(60,65-40)48(57)49(58)52-23-15-14-18-41(52)50(59)64-46(29-43(55)35(4)25-33(2)30-53)37(6)26-39-20-22-42(54)47(27-39)63-10/h11-13,16-17,25,32,35-42,45-47,53-54,60H,14-15,18-24,26-31H2,1-10H3/b13-11+,16-12+,33-25+,34-17+/t32-,35-,36-,37-,38-,39+,40+,41+,42-,45+,46?,47-,51-/m1/s1. The molecule has 14 nitrogen and oxygen atoms in total. The summed E-state index contributed by atoms with van der Waals surface area (Å²) in [7, 11) is 4.67. The number of Topliss-reactive ketones (excluding diaryl/α,β-unsaturated/α-hetero) is 3. The van der Waals surface area contributed by atoms with E-state index in [4.69, 9.17) is 23.7 Å². The van der Waals surface area contributed by atoms with E-state index in [9.17, 15) is 39.3 Å². The van der Waals surface area contributed by atoms with Crippen molar-refractivity contribution in [3.8, 4) is 0 Å². The van der Waals surface area contributed by atoms with Gasteiger partial charge < -0.3 is 43.9 Å². The molecule has 0 spiro atoms. The monoisotopic (exact) mass is 916 g/mol. The van der Waals surface area contributed by atoms with E-state index < -0.39 is 65.7 Å². The molecule has 0 aromatic rings. The maximum atomic E-state index is 14.2. The van der Waals surface area contributed by atoms with E-state index in [0.717, 1.165) is 18.4 Å². The number of ketones is 3. The summed E-state index contributed by atoms with van der Waals surface area (Å²) in [6.45, 7) is 13.0. The third kappa shape index (κ3) is 16.7. The van der Waals surface area contributed by atoms with Crippen molar-refractivity contribution >= 4 is 29.2 Å². The summed E-state index contributed by atoms with van der Waals surface area (Å²) in [5.74, 6) is -6.63. The lowest BCUT2D eigenvalue weighted by molar-refractivity contribution is -0.265. The van der Waals surface area contributed by atoms with Crippen molar-refractivity contribution < 1.29 is 63.0 Å². The fourth-order valence-electron chi connectivity index (χ4n) is 9.48. The molecule has 1 saturated carbocycles. The highest BCUT2D eigenvalue weighted by Crippen LogP contribution is 2.37. The topological polar surface area (TPSA) is 195 Å². The molecule has 0 aromatic carbocycles. The zero-order valence-corrected chi connectivity index (χ0v) is 40.9. The lowest BCUT2D eigenvalue weighted by Crippen LogP contribution is -2.61. The number of carbonyl (C=O) groups excluding carboxylic acids is 5. The SMILES string of the molecule is COCC(=O)[C@H](C)C[C@H](C)/C=C/C=C/C=C(\C)[C@H](C[C@@H]1CC[C@@H](C)[C@](O)(C(=O)C(=O)N2CCCC[C@H]2C(=O)OC(CC(=O)[C@H](C)/C=C(\C)CO)[C@H](C)C[C@@H]2CC[C@@H](O)[C@H](OC)C2)O1)OC. The minimum Gasteiger partial charge on any atom is -0.460 e. The van der Waals surface area contributed by atoms with E-state index in [1.165, 1.54) is 12.0 Å². The number of hydrogen-bond donors (Lipinski definition) is 3. The Morgan fingerprint density at radius 2 is 1.63 bits per heavy atom. The summed E-state index contributed by atoms with van der Waals surface area (Å²) >= 11 is 0. The predicted molar refractivity (Wildman–Crippen MR) is 247 cm³/mol. The van der Waals surface area contributed by atoms with Gasteiger partial charge in [-0.2, -0.15) is 0 Å². The van der Waals surface area contributed by atoms with Gasteiger partial charge in [-0.25, -0.2) is 4.79 Å². The number of nitrogens with zero attached hydrogens (tertiary/aromatic N) is 1. The van der Waals surface area contributed by atoms with Crippen LogP contribution in [0.3, 0.4) is 0 Å². The van der Waals surface area contributed by atoms with Crippen molar-refractivity contribution in [3.63, 3.8) is 0 Å². The van der Waals surface area contributed by atoms with Gasteiger partial charge in [-0.3, -0.25) is 19.2 Å². The number of carbonyl (C=O) groups is 5. The molecule has 0 aromatic heterocycles. The first-order chi connectivity index (χ1) is 30.8. The van der Waals surface area contributed by atoms with Gasteiger partial charge in [-0.1, -0.05) is 76.6 Å². The Bertz CT molecular complexity index is 1690. The quantitative estimate of drug-likeness (QED) is 0.0393. The van der Waals surface area contributed by atoms with E-state index in [2.05, 4.69) is 6.92 Å². The first-order valence-electron chi connectivity index (χ1n) is 23.8. The summed E-state index contributed by atoms with van der Waals surface area (Å²) < 4.78 is 28.7. The molecule has 368 valence electrons. The molecule has 3 fully saturated rings. The summed E-state index contributed by atoms with van der Waals surface area (Å²) in [6.07, 6.45) is 14.5. The smallest absolute Gasteiger partial charge is 0.329 e. The van der Waals surface area contributed by atoms with Gasteiger partial charge in [0.05, 0.1) is 31.0 Å². The van der Waals surface area contributed by atoms with Crippen molar-refractivity contribution in [3.05, 3.63) is 47.6 Å². The molecule has 3 aliphatic rings. The molecule has 2 aliphatic heterocycles. The maximum Gasteiger partial charge on any atom is 0.329 e. The number of allylic oxidation sites excluding steroid dienone is 6. The summed E-state index contributed by atoms with van der Waals surface area (Å²) in [5, 5.41) is 31.9. The van der Waals surface area contributed by atoms with Gasteiger partial charge in [0.2, 0.25) is 5.79 Å². The Balaban J connectivity index is 1.73. The molecule has 1 amide bonds. The largest absolute Gasteiger partial charge is 0.460 e. The Labute approximate surface area is 388 Å². The average Bonchev–Trinajstić information content (AvgIpc) is 3.28. The molecule has 1 unspecified atom stereocenters. The third-order valence-corrected chi connectivity index (χ3v) is 13.8. The van der Waals surface area contributed by atoms with Crippen LogP contribution in [0, 0.1) is 35.5 Å². The summed E-state index contributed by atoms with van der Waals surface area (Å²) in [4.78, 5) is 69.4. The molecule has 2 heterocycles. The van der Waals surface area contributed by atoms with Crippen LogP contribution < -0.4 is 0 Å². The number of amides is 1. The number of esters is 1. The molecule has 0 radical (unpaired) electrons. The molecular formula is C51H81NO13. The first-order valence-corrected chi connectivity index (χ1v) is 23.8. The molecule has 3 N–H and O–H groups in total. The number of rotatable bonds is 25. The van der Waals surface area contributed by atoms with Crippen LogP contribution in [0.15, 0.2) is 47.6 Å². The summed E-state index contributed by atoms with van der Waals surface area (Å²) in [6, 6.07) is -1.11. The van der Waals surface area contributed by atoms with Crippen LogP contribution in [0.4, 0.5) is 0 Å². The van der Waals surface area contributed by atoms with E-state index in [0.29, 0.717) is 56.9 Å². The Morgan fingerprint density at radius 1 is 0.908 bits per heavy atom. The average molecular weight is 916 g/mol. The molecular weight excluding hydrogens is 835 g/mol. The van der Waals surface area contributed by atoms with Crippen LogP contribution >= 0.6 is 0 Å². The Morgan fingerprint density at radius 3 is 2.29 bits per heavy atom. The van der Waals surface area contributed by atoms with Crippen LogP contribution in [-0.2, 0) is 47.7 Å². The molecule has 1 aliphatic carbocycles. The number of hydrogen-bond acceptors (Lipinski definition) is 13. The number of piperidine rings is 1. The molecule has 2 saturated heterocycles. The Hall–Kier alpha value is -3.37. The minimum atomic E-state index is -2.43. The van der Waals surface area contributed by atoms with E-state index in [1.54, 1.807) is 41.1 Å². The lowest BCUT2D eigenvalue weighted by atomic mass is 9.78. The lowest BCUT2D eigenvalue weighted by Gasteiger charge is -2.42. The second kappa shape index (κ2) is 27.4. The van der Waals surface area contributed by atoms with E-state index in [1.807, 2.05) is 51.2 Å². The van der Waals surface area contributed by atoms with Crippen LogP contribution in [0.25, 0.3) is 0 Å². The van der Waals surface area contributed by atoms with Crippen molar-refractivity contribution in [2.24, 2.45) is 35.5 Å². The van der Waals surface area contributed by atoms with Crippen molar-refractivity contribution in [1.82, 2.24) is 4.90 Å². The highest BCUT2D eigenvalue weighted by Gasteiger charge is 2.53. The number of methoxy groups -OCH3 is 3. The van der Waals surface area contributed by atoms with Crippen LogP contribution in [0.5, 0.6) is 0 Å². The van der Waals surface area contributed by atoms with Gasteiger partial charge in [-0.15, -0.1) is 0 Å². The third-order valence-electron chi connectivity index (χ3n) is 13.8. The molecule has 3 rings (SSSR count). The van der Waals surface area contributed by atoms with Gasteiger partial charge >= 0.3 is 5.97 Å². The molecule has 65 heavy (non-hydrogen) atoms. The van der Waals surface area contributed by atoms with Crippen molar-refractivity contribution in [2.45, 2.75) is 168 Å². The van der Waals surface area contributed by atoms with Crippen LogP contribution in [0.2, 0.25) is 0 Å². The number of ether oxygens (including phenoxy) is 5. The zero-order chi connectivity index (χ0) is 48.4. The molecule has 0 bridgehead atoms. The van der Waals surface area contributed by atoms with Gasteiger partial charge in [0.15, 0.2) is 5.78 Å². The van der Waals surface area contributed by atoms with Gasteiger partial charge in [0.1, 0.15) is 24.5 Å². The van der Waals surface area contributed by atoms with E-state index >= 15 is 0 Å². The number of likely N-dealkylation sites (tertiary alicyclic amines) is 1. The van der Waals surface area contributed by atoms with Gasteiger partial charge in [-0.05, 0) is 101 Å². The fourth-order valence-corrected chi connectivity index (χ4v) is 9.48. The second-order valence-corrected chi connectivity index (χ2v) is 19.2. The number of aliphatic hydroxyl groups is 3.